The van der Waals surface area contributed by atoms with Crippen LogP contribution in [0.5, 0.6) is 5.75 Å². The number of benzene rings is 1. The minimum atomic E-state index is -0.0245. The fourth-order valence-corrected chi connectivity index (χ4v) is 4.66. The summed E-state index contributed by atoms with van der Waals surface area (Å²) >= 11 is 0. The van der Waals surface area contributed by atoms with Crippen LogP contribution in [0.2, 0.25) is 0 Å². The Bertz CT molecular complexity index is 1100. The van der Waals surface area contributed by atoms with E-state index < -0.39 is 0 Å². The van der Waals surface area contributed by atoms with Crippen LogP contribution in [0.1, 0.15) is 52.8 Å². The predicted octanol–water partition coefficient (Wildman–Crippen LogP) is 3.07. The molecule has 0 saturated carbocycles. The molecule has 0 aliphatic carbocycles. The molecule has 31 heavy (non-hydrogen) atoms. The Morgan fingerprint density at radius 3 is 2.77 bits per heavy atom. The summed E-state index contributed by atoms with van der Waals surface area (Å²) in [5, 5.41) is 0. The number of ether oxygens (including phenoxy) is 2. The third kappa shape index (κ3) is 3.72. The molecule has 8 heteroatoms. The fraction of sp³-hybridized carbons (Fsp3) is 0.435. The second-order valence-electron chi connectivity index (χ2n) is 8.30. The number of aromatic nitrogens is 3. The monoisotopic (exact) mass is 421 g/mol. The van der Waals surface area contributed by atoms with Gasteiger partial charge in [0.15, 0.2) is 5.65 Å². The number of hydrogen-bond donors (Lipinski definition) is 2. The van der Waals surface area contributed by atoms with Gasteiger partial charge in [-0.3, -0.25) is 4.79 Å². The highest BCUT2D eigenvalue weighted by molar-refractivity contribution is 5.99. The van der Waals surface area contributed by atoms with Crippen molar-refractivity contribution in [1.82, 2.24) is 19.9 Å². The van der Waals surface area contributed by atoms with Crippen LogP contribution in [0.25, 0.3) is 11.2 Å². The van der Waals surface area contributed by atoms with Crippen LogP contribution in [-0.4, -0.2) is 59.2 Å². The number of nitrogens with two attached hydrogens (primary N) is 1. The average molecular weight is 422 g/mol. The van der Waals surface area contributed by atoms with Crippen molar-refractivity contribution in [2.45, 2.75) is 31.1 Å². The van der Waals surface area contributed by atoms with Gasteiger partial charge < -0.3 is 25.1 Å². The minimum Gasteiger partial charge on any atom is -0.497 e. The lowest BCUT2D eigenvalue weighted by molar-refractivity contribution is 0.0714. The number of aromatic amines is 1. The zero-order valence-corrected chi connectivity index (χ0v) is 17.6. The Labute approximate surface area is 180 Å². The van der Waals surface area contributed by atoms with Crippen molar-refractivity contribution in [3.05, 3.63) is 47.4 Å². The first-order valence-electron chi connectivity index (χ1n) is 10.8. The standard InChI is InChI=1S/C23H27N5O3/c1-30-16-2-3-18(19(24)12-16)23(29)28-9-5-14(6-10-28)17-4-8-25-22-20(17)26-21(27-22)15-7-11-31-13-15/h2-4,8,12,14-15H,5-7,9-11,13,24H2,1H3,(H,25,26,27). The Morgan fingerprint density at radius 2 is 2.06 bits per heavy atom. The van der Waals surface area contributed by atoms with E-state index in [1.165, 1.54) is 5.56 Å². The molecule has 8 nitrogen and oxygen atoms in total. The molecule has 0 spiro atoms. The topological polar surface area (TPSA) is 106 Å². The highest BCUT2D eigenvalue weighted by atomic mass is 16.5. The number of pyridine rings is 1. The lowest BCUT2D eigenvalue weighted by Gasteiger charge is -2.32. The summed E-state index contributed by atoms with van der Waals surface area (Å²) in [6, 6.07) is 7.29. The van der Waals surface area contributed by atoms with Gasteiger partial charge in [-0.15, -0.1) is 0 Å². The summed E-state index contributed by atoms with van der Waals surface area (Å²) in [4.78, 5) is 27.6. The van der Waals surface area contributed by atoms with Gasteiger partial charge in [-0.25, -0.2) is 9.97 Å². The number of fused-ring (bicyclic) bond motifs is 1. The molecular weight excluding hydrogens is 394 g/mol. The smallest absolute Gasteiger partial charge is 0.255 e. The van der Waals surface area contributed by atoms with Crippen molar-refractivity contribution in [3.8, 4) is 5.75 Å². The largest absolute Gasteiger partial charge is 0.497 e. The highest BCUT2D eigenvalue weighted by Gasteiger charge is 2.28. The second kappa shape index (κ2) is 8.19. The molecule has 2 saturated heterocycles. The van der Waals surface area contributed by atoms with Gasteiger partial charge in [0.1, 0.15) is 11.6 Å². The molecule has 3 N–H and O–H groups in total. The van der Waals surface area contributed by atoms with Crippen LogP contribution in [-0.2, 0) is 4.74 Å². The third-order valence-electron chi connectivity index (χ3n) is 6.47. The number of piperidine rings is 1. The first-order chi connectivity index (χ1) is 15.1. The quantitative estimate of drug-likeness (QED) is 0.627. The van der Waals surface area contributed by atoms with E-state index in [0.29, 0.717) is 48.5 Å². The van der Waals surface area contributed by atoms with Gasteiger partial charge in [-0.2, -0.15) is 0 Å². The molecule has 162 valence electrons. The zero-order valence-electron chi connectivity index (χ0n) is 17.6. The first kappa shape index (κ1) is 19.8. The van der Waals surface area contributed by atoms with E-state index in [2.05, 4.69) is 16.0 Å². The number of rotatable bonds is 4. The molecule has 1 atom stereocenters. The number of amides is 1. The van der Waals surface area contributed by atoms with E-state index in [0.717, 1.165) is 42.9 Å². The average Bonchev–Trinajstić information content (AvgIpc) is 3.48. The molecule has 5 rings (SSSR count). The number of nitrogen functional groups attached to an aromatic ring is 1. The van der Waals surface area contributed by atoms with Gasteiger partial charge in [0.05, 0.1) is 24.8 Å². The van der Waals surface area contributed by atoms with Gasteiger partial charge in [0.25, 0.3) is 5.91 Å². The van der Waals surface area contributed by atoms with Crippen molar-refractivity contribution < 1.29 is 14.3 Å². The van der Waals surface area contributed by atoms with Gasteiger partial charge in [0.2, 0.25) is 0 Å². The summed E-state index contributed by atoms with van der Waals surface area (Å²) in [6.45, 7) is 2.88. The number of anilines is 1. The molecule has 0 bridgehead atoms. The summed E-state index contributed by atoms with van der Waals surface area (Å²) < 4.78 is 10.7. The van der Waals surface area contributed by atoms with Gasteiger partial charge in [-0.05, 0) is 48.9 Å². The van der Waals surface area contributed by atoms with Crippen molar-refractivity contribution in [3.63, 3.8) is 0 Å². The van der Waals surface area contributed by atoms with Crippen molar-refractivity contribution in [2.24, 2.45) is 0 Å². The van der Waals surface area contributed by atoms with Crippen LogP contribution < -0.4 is 10.5 Å². The molecule has 1 aromatic carbocycles. The number of methoxy groups -OCH3 is 1. The fourth-order valence-electron chi connectivity index (χ4n) is 4.66. The number of hydrogen-bond acceptors (Lipinski definition) is 6. The zero-order chi connectivity index (χ0) is 21.4. The molecule has 2 aliphatic rings. The van der Waals surface area contributed by atoms with Crippen LogP contribution in [0, 0.1) is 0 Å². The predicted molar refractivity (Wildman–Crippen MR) is 117 cm³/mol. The third-order valence-corrected chi connectivity index (χ3v) is 6.47. The van der Waals surface area contributed by atoms with E-state index in [1.807, 2.05) is 11.1 Å². The van der Waals surface area contributed by atoms with E-state index in [9.17, 15) is 4.79 Å². The van der Waals surface area contributed by atoms with E-state index in [1.54, 1.807) is 25.3 Å². The number of likely N-dealkylation sites (tertiary alicyclic amines) is 1. The van der Waals surface area contributed by atoms with Crippen molar-refractivity contribution in [1.29, 1.82) is 0 Å². The molecular formula is C23H27N5O3. The lowest BCUT2D eigenvalue weighted by Crippen LogP contribution is -2.38. The molecule has 1 amide bonds. The maximum Gasteiger partial charge on any atom is 0.255 e. The summed E-state index contributed by atoms with van der Waals surface area (Å²) in [7, 11) is 1.58. The Balaban J connectivity index is 1.31. The van der Waals surface area contributed by atoms with Crippen LogP contribution >= 0.6 is 0 Å². The van der Waals surface area contributed by atoms with Crippen LogP contribution in [0.3, 0.4) is 0 Å². The van der Waals surface area contributed by atoms with Gasteiger partial charge in [0, 0.05) is 43.6 Å². The molecule has 2 aromatic heterocycles. The van der Waals surface area contributed by atoms with E-state index >= 15 is 0 Å². The number of carbonyl (C=O) groups excluding carboxylic acids is 1. The van der Waals surface area contributed by atoms with E-state index in [4.69, 9.17) is 20.2 Å². The Morgan fingerprint density at radius 1 is 1.23 bits per heavy atom. The van der Waals surface area contributed by atoms with Gasteiger partial charge in [-0.1, -0.05) is 0 Å². The van der Waals surface area contributed by atoms with E-state index in [-0.39, 0.29) is 5.91 Å². The molecule has 2 aliphatic heterocycles. The molecule has 1 unspecified atom stereocenters. The summed E-state index contributed by atoms with van der Waals surface area (Å²) in [6.07, 6.45) is 4.61. The van der Waals surface area contributed by atoms with Crippen molar-refractivity contribution >= 4 is 22.8 Å². The summed E-state index contributed by atoms with van der Waals surface area (Å²) in [5.74, 6) is 2.27. The SMILES string of the molecule is COc1ccc(C(=O)N2CCC(c3ccnc4nc(C5CCOC5)[nH]c34)CC2)c(N)c1. The van der Waals surface area contributed by atoms with Crippen LogP contribution in [0.15, 0.2) is 30.5 Å². The minimum absolute atomic E-state index is 0.0245. The molecule has 2 fully saturated rings. The number of H-pyrrole nitrogens is 1. The number of nitrogens with one attached hydrogen (secondary N) is 1. The summed E-state index contributed by atoms with van der Waals surface area (Å²) in [5.41, 5.74) is 10.1. The normalized spacial score (nSPS) is 19.8. The molecule has 4 heterocycles. The number of nitrogens with zero attached hydrogens (tertiary/aromatic N) is 3. The van der Waals surface area contributed by atoms with Crippen molar-refractivity contribution in [2.75, 3.05) is 39.1 Å². The second-order valence-corrected chi connectivity index (χ2v) is 8.30. The van der Waals surface area contributed by atoms with Gasteiger partial charge >= 0.3 is 0 Å². The highest BCUT2D eigenvalue weighted by Crippen LogP contribution is 2.34. The first-order valence-corrected chi connectivity index (χ1v) is 10.8. The Hall–Kier alpha value is -3.13. The Kier molecular flexibility index (Phi) is 5.23. The lowest BCUT2D eigenvalue weighted by atomic mass is 9.89. The number of imidazole rings is 1. The maximum absolute atomic E-state index is 13.0. The number of carbonyl (C=O) groups is 1. The maximum atomic E-state index is 13.0. The van der Waals surface area contributed by atoms with Crippen LogP contribution in [0.4, 0.5) is 5.69 Å². The molecule has 0 radical (unpaired) electrons. The molecule has 3 aromatic rings.